The SMILES string of the molecule is Cc1cc(-c2cc(-c3cc(S(=O)(=O)NC4CCCC4O)ccc3C)cnc2N)on1. The van der Waals surface area contributed by atoms with Gasteiger partial charge in [-0.1, -0.05) is 11.2 Å². The van der Waals surface area contributed by atoms with Crippen LogP contribution in [0.15, 0.2) is 45.9 Å². The van der Waals surface area contributed by atoms with Gasteiger partial charge in [0.2, 0.25) is 10.0 Å². The molecule has 1 aliphatic carbocycles. The molecular formula is C21H24N4O4S. The molecule has 0 radical (unpaired) electrons. The standard InChI is InChI=1S/C21H24N4O4S/c1-12-6-7-15(30(27,28)25-18-4-3-5-19(18)26)10-16(12)14-9-17(21(22)23-11-14)20-8-13(2)24-29-20/h6-11,18-19,25-26H,3-5H2,1-2H3,(H2,22,23). The Morgan fingerprint density at radius 1 is 1.17 bits per heavy atom. The number of anilines is 1. The zero-order chi connectivity index (χ0) is 21.5. The quantitative estimate of drug-likeness (QED) is 0.569. The zero-order valence-electron chi connectivity index (χ0n) is 16.8. The largest absolute Gasteiger partial charge is 0.391 e. The van der Waals surface area contributed by atoms with E-state index < -0.39 is 22.2 Å². The number of sulfonamides is 1. The van der Waals surface area contributed by atoms with Crippen molar-refractivity contribution in [1.29, 1.82) is 0 Å². The molecule has 1 fully saturated rings. The Morgan fingerprint density at radius 3 is 2.63 bits per heavy atom. The average molecular weight is 429 g/mol. The molecule has 8 nitrogen and oxygen atoms in total. The third-order valence-corrected chi connectivity index (χ3v) is 6.92. The number of nitrogens with zero attached hydrogens (tertiary/aromatic N) is 2. The molecule has 3 aromatic rings. The maximum Gasteiger partial charge on any atom is 0.240 e. The van der Waals surface area contributed by atoms with Gasteiger partial charge in [-0.05, 0) is 62.4 Å². The van der Waals surface area contributed by atoms with Crippen molar-refractivity contribution in [3.05, 3.63) is 47.8 Å². The first-order chi connectivity index (χ1) is 14.2. The molecule has 30 heavy (non-hydrogen) atoms. The Morgan fingerprint density at radius 2 is 1.97 bits per heavy atom. The van der Waals surface area contributed by atoms with E-state index in [1.54, 1.807) is 30.5 Å². The topological polar surface area (TPSA) is 131 Å². The molecule has 2 aromatic heterocycles. The molecule has 0 aliphatic heterocycles. The Kier molecular flexibility index (Phi) is 5.35. The van der Waals surface area contributed by atoms with Crippen molar-refractivity contribution in [3.63, 3.8) is 0 Å². The molecule has 2 heterocycles. The summed E-state index contributed by atoms with van der Waals surface area (Å²) in [6.07, 6.45) is 2.98. The van der Waals surface area contributed by atoms with Crippen molar-refractivity contribution in [2.24, 2.45) is 0 Å². The van der Waals surface area contributed by atoms with Gasteiger partial charge in [0.25, 0.3) is 0 Å². The minimum atomic E-state index is -3.77. The van der Waals surface area contributed by atoms with Crippen LogP contribution in [0.1, 0.15) is 30.5 Å². The monoisotopic (exact) mass is 428 g/mol. The Bertz CT molecular complexity index is 1190. The summed E-state index contributed by atoms with van der Waals surface area (Å²) < 4.78 is 33.7. The molecule has 2 unspecified atom stereocenters. The van der Waals surface area contributed by atoms with E-state index in [0.717, 1.165) is 23.2 Å². The van der Waals surface area contributed by atoms with Crippen LogP contribution in [0.4, 0.5) is 5.82 Å². The van der Waals surface area contributed by atoms with Crippen LogP contribution in [0.25, 0.3) is 22.5 Å². The van der Waals surface area contributed by atoms with Gasteiger partial charge in [0.05, 0.1) is 22.3 Å². The van der Waals surface area contributed by atoms with Crippen molar-refractivity contribution >= 4 is 15.8 Å². The summed E-state index contributed by atoms with van der Waals surface area (Å²) in [6.45, 7) is 3.71. The lowest BCUT2D eigenvalue weighted by Gasteiger charge is -2.17. The minimum Gasteiger partial charge on any atom is -0.391 e. The average Bonchev–Trinajstić information content (AvgIpc) is 3.30. The van der Waals surface area contributed by atoms with Gasteiger partial charge in [-0.3, -0.25) is 0 Å². The van der Waals surface area contributed by atoms with E-state index in [4.69, 9.17) is 10.3 Å². The summed E-state index contributed by atoms with van der Waals surface area (Å²) in [5.41, 5.74) is 9.65. The van der Waals surface area contributed by atoms with E-state index in [1.165, 1.54) is 0 Å². The maximum atomic E-state index is 12.9. The van der Waals surface area contributed by atoms with Crippen LogP contribution in [-0.2, 0) is 10.0 Å². The normalized spacial score (nSPS) is 19.3. The number of nitrogens with two attached hydrogens (primary N) is 1. The summed E-state index contributed by atoms with van der Waals surface area (Å²) in [4.78, 5) is 4.39. The second kappa shape index (κ2) is 7.82. The second-order valence-electron chi connectivity index (χ2n) is 7.69. The summed E-state index contributed by atoms with van der Waals surface area (Å²) in [6, 6.07) is 8.05. The number of aryl methyl sites for hydroxylation is 2. The number of benzene rings is 1. The first kappa shape index (κ1) is 20.5. The number of aromatic nitrogens is 2. The molecule has 9 heteroatoms. The zero-order valence-corrected chi connectivity index (χ0v) is 17.6. The van der Waals surface area contributed by atoms with Crippen LogP contribution in [0.5, 0.6) is 0 Å². The molecule has 0 amide bonds. The Hall–Kier alpha value is -2.75. The van der Waals surface area contributed by atoms with Crippen LogP contribution >= 0.6 is 0 Å². The molecule has 0 spiro atoms. The molecule has 2 atom stereocenters. The lowest BCUT2D eigenvalue weighted by atomic mass is 10.00. The number of aliphatic hydroxyl groups excluding tert-OH is 1. The number of aliphatic hydroxyl groups is 1. The highest BCUT2D eigenvalue weighted by molar-refractivity contribution is 7.89. The van der Waals surface area contributed by atoms with E-state index >= 15 is 0 Å². The summed E-state index contributed by atoms with van der Waals surface area (Å²) in [5, 5.41) is 13.9. The summed E-state index contributed by atoms with van der Waals surface area (Å²) in [7, 11) is -3.77. The van der Waals surface area contributed by atoms with Crippen molar-refractivity contribution in [2.75, 3.05) is 5.73 Å². The van der Waals surface area contributed by atoms with Crippen molar-refractivity contribution < 1.29 is 18.0 Å². The van der Waals surface area contributed by atoms with Gasteiger partial charge in [-0.25, -0.2) is 18.1 Å². The van der Waals surface area contributed by atoms with Crippen molar-refractivity contribution in [3.8, 4) is 22.5 Å². The number of nitrogen functional groups attached to an aromatic ring is 1. The third kappa shape index (κ3) is 3.96. The minimum absolute atomic E-state index is 0.135. The van der Waals surface area contributed by atoms with E-state index in [1.807, 2.05) is 19.9 Å². The van der Waals surface area contributed by atoms with Gasteiger partial charge in [-0.2, -0.15) is 0 Å². The van der Waals surface area contributed by atoms with Crippen LogP contribution in [0.2, 0.25) is 0 Å². The Balaban J connectivity index is 1.72. The van der Waals surface area contributed by atoms with E-state index in [2.05, 4.69) is 14.9 Å². The second-order valence-corrected chi connectivity index (χ2v) is 9.41. The molecule has 158 valence electrons. The number of hydrogen-bond donors (Lipinski definition) is 3. The van der Waals surface area contributed by atoms with Gasteiger partial charge < -0.3 is 15.4 Å². The number of nitrogens with one attached hydrogen (secondary N) is 1. The molecule has 0 bridgehead atoms. The van der Waals surface area contributed by atoms with Gasteiger partial charge in [-0.15, -0.1) is 0 Å². The highest BCUT2D eigenvalue weighted by Gasteiger charge is 2.30. The van der Waals surface area contributed by atoms with Gasteiger partial charge in [0, 0.05) is 23.9 Å². The molecule has 1 aliphatic rings. The maximum absolute atomic E-state index is 12.9. The van der Waals surface area contributed by atoms with E-state index in [-0.39, 0.29) is 4.90 Å². The smallest absolute Gasteiger partial charge is 0.240 e. The molecule has 1 aromatic carbocycles. The lowest BCUT2D eigenvalue weighted by molar-refractivity contribution is 0.159. The first-order valence-electron chi connectivity index (χ1n) is 9.75. The van der Waals surface area contributed by atoms with Crippen LogP contribution in [-0.4, -0.2) is 35.8 Å². The fraction of sp³-hybridized carbons (Fsp3) is 0.333. The highest BCUT2D eigenvalue weighted by Crippen LogP contribution is 2.32. The number of hydrogen-bond acceptors (Lipinski definition) is 7. The van der Waals surface area contributed by atoms with E-state index in [9.17, 15) is 13.5 Å². The van der Waals surface area contributed by atoms with Gasteiger partial charge >= 0.3 is 0 Å². The number of rotatable bonds is 5. The summed E-state index contributed by atoms with van der Waals surface area (Å²) in [5.74, 6) is 0.797. The lowest BCUT2D eigenvalue weighted by Crippen LogP contribution is -2.39. The predicted molar refractivity (Wildman–Crippen MR) is 113 cm³/mol. The van der Waals surface area contributed by atoms with Crippen LogP contribution in [0, 0.1) is 13.8 Å². The van der Waals surface area contributed by atoms with Crippen LogP contribution in [0.3, 0.4) is 0 Å². The predicted octanol–water partition coefficient (Wildman–Crippen LogP) is 2.79. The third-order valence-electron chi connectivity index (χ3n) is 5.43. The summed E-state index contributed by atoms with van der Waals surface area (Å²) >= 11 is 0. The molecule has 0 saturated heterocycles. The van der Waals surface area contributed by atoms with Crippen molar-refractivity contribution in [2.45, 2.75) is 50.2 Å². The first-order valence-corrected chi connectivity index (χ1v) is 11.2. The molecular weight excluding hydrogens is 404 g/mol. The Labute approximate surface area is 175 Å². The molecule has 4 N–H and O–H groups in total. The van der Waals surface area contributed by atoms with Crippen molar-refractivity contribution in [1.82, 2.24) is 14.9 Å². The van der Waals surface area contributed by atoms with Gasteiger partial charge in [0.15, 0.2) is 5.76 Å². The fourth-order valence-corrected chi connectivity index (χ4v) is 5.06. The van der Waals surface area contributed by atoms with E-state index in [0.29, 0.717) is 35.5 Å². The van der Waals surface area contributed by atoms with Gasteiger partial charge in [0.1, 0.15) is 5.82 Å². The molecule has 1 saturated carbocycles. The van der Waals surface area contributed by atoms with Crippen LogP contribution < -0.4 is 10.5 Å². The molecule has 4 rings (SSSR count). The fourth-order valence-electron chi connectivity index (χ4n) is 3.74. The highest BCUT2D eigenvalue weighted by atomic mass is 32.2. The number of pyridine rings is 1.